The molecule has 0 bridgehead atoms. The highest BCUT2D eigenvalue weighted by molar-refractivity contribution is 5.88. The quantitative estimate of drug-likeness (QED) is 0.115. The molecular weight excluding hydrogens is 282 g/mol. The maximum atomic E-state index is 11.5. The molecule has 7 N–H and O–H groups in total. The van der Waals surface area contributed by atoms with E-state index in [0.29, 0.717) is 25.6 Å². The average Bonchev–Trinajstić information content (AvgIpc) is 2.51. The summed E-state index contributed by atoms with van der Waals surface area (Å²) >= 11 is 0. The highest BCUT2D eigenvalue weighted by Gasteiger charge is 2.30. The van der Waals surface area contributed by atoms with Gasteiger partial charge in [0.25, 0.3) is 5.91 Å². The van der Waals surface area contributed by atoms with Crippen LogP contribution in [0.3, 0.4) is 0 Å². The third kappa shape index (κ3) is 7.44. The number of guanidine groups is 1. The molecule has 0 radical (unpaired) electrons. The van der Waals surface area contributed by atoms with Crippen molar-refractivity contribution in [2.24, 2.45) is 10.7 Å². The molecule has 0 saturated heterocycles. The molecule has 0 rings (SSSR count). The lowest BCUT2D eigenvalue weighted by atomic mass is 10.2. The summed E-state index contributed by atoms with van der Waals surface area (Å²) in [5.74, 6) is -1.44. The molecule has 0 aliphatic rings. The van der Waals surface area contributed by atoms with Gasteiger partial charge >= 0.3 is 5.97 Å². The Kier molecular flexibility index (Phi) is 9.84. The molecule has 1 amide bonds. The van der Waals surface area contributed by atoms with Crippen LogP contribution >= 0.6 is 0 Å². The minimum Gasteiger partial charge on any atom is -0.467 e. The van der Waals surface area contributed by atoms with Crippen LogP contribution in [-0.2, 0) is 14.3 Å². The van der Waals surface area contributed by atoms with Gasteiger partial charge in [-0.2, -0.15) is 0 Å². The van der Waals surface area contributed by atoms with Crippen LogP contribution in [0.15, 0.2) is 4.99 Å². The van der Waals surface area contributed by atoms with Crippen molar-refractivity contribution in [3.8, 4) is 0 Å². The third-order valence-electron chi connectivity index (χ3n) is 2.39. The molecule has 10 heteroatoms. The van der Waals surface area contributed by atoms with Crippen LogP contribution in [0.5, 0.6) is 0 Å². The predicted octanol–water partition coefficient (Wildman–Crippen LogP) is -3.88. The van der Waals surface area contributed by atoms with Crippen LogP contribution in [0.2, 0.25) is 0 Å². The first-order valence-electron chi connectivity index (χ1n) is 6.34. The molecule has 0 saturated carbocycles. The first-order valence-corrected chi connectivity index (χ1v) is 6.34. The molecule has 122 valence electrons. The fraction of sp³-hybridized carbons (Fsp3) is 0.727. The molecule has 0 aromatic heterocycles. The van der Waals surface area contributed by atoms with Crippen molar-refractivity contribution in [1.29, 1.82) is 0 Å². The molecule has 2 atom stereocenters. The number of nitrogens with one attached hydrogen (secondary N) is 3. The van der Waals surface area contributed by atoms with Gasteiger partial charge in [-0.05, 0) is 0 Å². The number of methoxy groups -OCH3 is 1. The Labute approximate surface area is 122 Å². The first-order chi connectivity index (χ1) is 9.97. The van der Waals surface area contributed by atoms with Crippen molar-refractivity contribution in [1.82, 2.24) is 16.0 Å². The van der Waals surface area contributed by atoms with Gasteiger partial charge < -0.3 is 36.6 Å². The van der Waals surface area contributed by atoms with Crippen LogP contribution in [0, 0.1) is 0 Å². The second-order valence-corrected chi connectivity index (χ2v) is 3.92. The number of aliphatic imine (C=N–C) groups is 1. The van der Waals surface area contributed by atoms with E-state index in [1.54, 1.807) is 7.05 Å². The molecule has 0 aliphatic heterocycles. The van der Waals surface area contributed by atoms with Crippen LogP contribution in [0.4, 0.5) is 0 Å². The summed E-state index contributed by atoms with van der Waals surface area (Å²) in [5.41, 5.74) is 5.33. The number of aliphatic hydroxyl groups excluding tert-OH is 2. The number of rotatable bonds is 8. The molecule has 0 unspecified atom stereocenters. The Balaban J connectivity index is 4.01. The van der Waals surface area contributed by atoms with Gasteiger partial charge in [0.05, 0.1) is 7.11 Å². The number of hydrogen-bond donors (Lipinski definition) is 6. The van der Waals surface area contributed by atoms with E-state index in [-0.39, 0.29) is 6.54 Å². The fourth-order valence-corrected chi connectivity index (χ4v) is 1.28. The lowest BCUT2D eigenvalue weighted by molar-refractivity contribution is -0.161. The Bertz CT molecular complexity index is 363. The second kappa shape index (κ2) is 10.8. The number of hydrogen-bond acceptors (Lipinski definition) is 7. The number of carbonyl (C=O) groups is 2. The number of aliphatic hydroxyl groups is 2. The number of nitrogens with zero attached hydrogens (tertiary/aromatic N) is 1. The monoisotopic (exact) mass is 305 g/mol. The number of ether oxygens (including phenoxy) is 1. The zero-order valence-corrected chi connectivity index (χ0v) is 12.1. The van der Waals surface area contributed by atoms with Gasteiger partial charge in [-0.25, -0.2) is 4.79 Å². The van der Waals surface area contributed by atoms with Crippen LogP contribution in [0.1, 0.15) is 0 Å². The van der Waals surface area contributed by atoms with Crippen LogP contribution < -0.4 is 21.7 Å². The minimum atomic E-state index is -1.91. The van der Waals surface area contributed by atoms with Gasteiger partial charge in [-0.15, -0.1) is 0 Å². The van der Waals surface area contributed by atoms with E-state index in [9.17, 15) is 19.8 Å². The summed E-state index contributed by atoms with van der Waals surface area (Å²) in [6, 6.07) is 0. The van der Waals surface area contributed by atoms with Crippen molar-refractivity contribution in [3.05, 3.63) is 0 Å². The number of nitrogens with two attached hydrogens (primary N) is 1. The van der Waals surface area contributed by atoms with E-state index in [1.165, 1.54) is 0 Å². The molecule has 0 fully saturated rings. The molecule has 21 heavy (non-hydrogen) atoms. The van der Waals surface area contributed by atoms with Gasteiger partial charge in [0.15, 0.2) is 18.2 Å². The van der Waals surface area contributed by atoms with Crippen molar-refractivity contribution in [3.63, 3.8) is 0 Å². The van der Waals surface area contributed by atoms with E-state index in [2.05, 4.69) is 25.7 Å². The van der Waals surface area contributed by atoms with E-state index in [0.717, 1.165) is 7.11 Å². The third-order valence-corrected chi connectivity index (χ3v) is 2.39. The summed E-state index contributed by atoms with van der Waals surface area (Å²) in [6.07, 6.45) is -3.80. The predicted molar refractivity (Wildman–Crippen MR) is 75.5 cm³/mol. The number of esters is 1. The summed E-state index contributed by atoms with van der Waals surface area (Å²) < 4.78 is 4.22. The average molecular weight is 305 g/mol. The second-order valence-electron chi connectivity index (χ2n) is 3.92. The molecule has 0 aliphatic carbocycles. The minimum absolute atomic E-state index is 0.160. The lowest BCUT2D eigenvalue weighted by Crippen LogP contribution is -2.48. The molecule has 0 aromatic rings. The van der Waals surface area contributed by atoms with Gasteiger partial charge in [0, 0.05) is 33.2 Å². The smallest absolute Gasteiger partial charge is 0.338 e. The van der Waals surface area contributed by atoms with Gasteiger partial charge in [0.2, 0.25) is 0 Å². The standard InChI is InChI=1S/C11H23N5O5/c1-13-11(15-4-3-12)16-6-5-14-9(19)7(17)8(18)10(20)21-2/h7-8,17-18H,3-6,12H2,1-2H3,(H,14,19)(H2,13,15,16)/t7-,8-/m1/s1. The zero-order valence-electron chi connectivity index (χ0n) is 12.1. The van der Waals surface area contributed by atoms with Crippen molar-refractivity contribution >= 4 is 17.8 Å². The molecule has 0 aromatic carbocycles. The van der Waals surface area contributed by atoms with Gasteiger partial charge in [-0.1, -0.05) is 0 Å². The van der Waals surface area contributed by atoms with Crippen molar-refractivity contribution in [2.75, 3.05) is 40.3 Å². The van der Waals surface area contributed by atoms with Gasteiger partial charge in [-0.3, -0.25) is 9.79 Å². The number of carbonyl (C=O) groups excluding carboxylic acids is 2. The molecular formula is C11H23N5O5. The summed E-state index contributed by atoms with van der Waals surface area (Å²) in [7, 11) is 2.63. The Morgan fingerprint density at radius 1 is 1.14 bits per heavy atom. The molecule has 10 nitrogen and oxygen atoms in total. The number of amides is 1. The molecule has 0 heterocycles. The van der Waals surface area contributed by atoms with E-state index < -0.39 is 24.1 Å². The van der Waals surface area contributed by atoms with Crippen LogP contribution in [0.25, 0.3) is 0 Å². The van der Waals surface area contributed by atoms with Crippen molar-refractivity contribution < 1.29 is 24.5 Å². The normalized spacial score (nSPS) is 14.0. The SMILES string of the molecule is CN=C(NCCN)NCCNC(=O)[C@H](O)[C@@H](O)C(=O)OC. The van der Waals surface area contributed by atoms with Gasteiger partial charge in [0.1, 0.15) is 0 Å². The highest BCUT2D eigenvalue weighted by atomic mass is 16.5. The van der Waals surface area contributed by atoms with E-state index in [4.69, 9.17) is 5.73 Å². The van der Waals surface area contributed by atoms with Crippen molar-refractivity contribution in [2.45, 2.75) is 12.2 Å². The van der Waals surface area contributed by atoms with E-state index >= 15 is 0 Å². The first kappa shape index (κ1) is 19.1. The largest absolute Gasteiger partial charge is 0.467 e. The van der Waals surface area contributed by atoms with E-state index in [1.807, 2.05) is 0 Å². The summed E-state index contributed by atoms with van der Waals surface area (Å²) in [5, 5.41) is 26.9. The fourth-order valence-electron chi connectivity index (χ4n) is 1.28. The lowest BCUT2D eigenvalue weighted by Gasteiger charge is -2.16. The highest BCUT2D eigenvalue weighted by Crippen LogP contribution is 1.96. The maximum Gasteiger partial charge on any atom is 0.338 e. The Morgan fingerprint density at radius 2 is 1.71 bits per heavy atom. The maximum absolute atomic E-state index is 11.5. The molecule has 0 spiro atoms. The Morgan fingerprint density at radius 3 is 2.24 bits per heavy atom. The summed E-state index contributed by atoms with van der Waals surface area (Å²) in [6.45, 7) is 1.50. The van der Waals surface area contributed by atoms with Crippen LogP contribution in [-0.4, -0.2) is 80.6 Å². The Hall–Kier alpha value is -1.91. The topological polar surface area (TPSA) is 158 Å². The zero-order chi connectivity index (χ0) is 16.3. The summed E-state index contributed by atoms with van der Waals surface area (Å²) in [4.78, 5) is 26.3.